The minimum Gasteiger partial charge on any atom is -0.295 e. The summed E-state index contributed by atoms with van der Waals surface area (Å²) < 4.78 is 50.4. The number of nitrogens with zero attached hydrogens (tertiary/aromatic N) is 1. The standard InChI is InChI=1S/C13H13F4NO/c14-11-3-1-2-9(6-11)12(19)8-18-5-4-10(7-18)13(15,16)17/h1-3,6,10H,4-5,7-8H2. The van der Waals surface area contributed by atoms with Gasteiger partial charge in [0.15, 0.2) is 5.78 Å². The van der Waals surface area contributed by atoms with E-state index in [1.165, 1.54) is 23.1 Å². The van der Waals surface area contributed by atoms with Crippen LogP contribution in [0.5, 0.6) is 0 Å². The van der Waals surface area contributed by atoms with Crippen molar-refractivity contribution in [3.63, 3.8) is 0 Å². The summed E-state index contributed by atoms with van der Waals surface area (Å²) in [4.78, 5) is 13.3. The minimum absolute atomic E-state index is 0.0138. The average Bonchev–Trinajstić information content (AvgIpc) is 2.77. The fourth-order valence-corrected chi connectivity index (χ4v) is 2.20. The Hall–Kier alpha value is -1.43. The molecule has 0 amide bonds. The number of benzene rings is 1. The van der Waals surface area contributed by atoms with E-state index in [9.17, 15) is 22.4 Å². The number of alkyl halides is 3. The van der Waals surface area contributed by atoms with Gasteiger partial charge in [-0.3, -0.25) is 9.69 Å². The lowest BCUT2D eigenvalue weighted by atomic mass is 10.1. The third-order valence-corrected chi connectivity index (χ3v) is 3.25. The lowest BCUT2D eigenvalue weighted by Crippen LogP contribution is -2.31. The molecule has 0 saturated carbocycles. The third-order valence-electron chi connectivity index (χ3n) is 3.25. The van der Waals surface area contributed by atoms with Gasteiger partial charge in [-0.05, 0) is 25.1 Å². The topological polar surface area (TPSA) is 20.3 Å². The van der Waals surface area contributed by atoms with Crippen LogP contribution in [0.3, 0.4) is 0 Å². The molecule has 0 bridgehead atoms. The Morgan fingerprint density at radius 2 is 2.11 bits per heavy atom. The molecule has 1 saturated heterocycles. The highest BCUT2D eigenvalue weighted by molar-refractivity contribution is 5.97. The second-order valence-electron chi connectivity index (χ2n) is 4.70. The zero-order valence-electron chi connectivity index (χ0n) is 10.1. The van der Waals surface area contributed by atoms with Crippen LogP contribution in [-0.4, -0.2) is 36.5 Å². The Morgan fingerprint density at radius 1 is 1.37 bits per heavy atom. The number of Topliss-reactive ketones (excluding diaryl/α,β-unsaturated/α-hetero) is 1. The minimum atomic E-state index is -4.21. The largest absolute Gasteiger partial charge is 0.393 e. The molecule has 2 nitrogen and oxygen atoms in total. The van der Waals surface area contributed by atoms with Crippen molar-refractivity contribution in [2.75, 3.05) is 19.6 Å². The average molecular weight is 275 g/mol. The number of carbonyl (C=O) groups excluding carboxylic acids is 1. The van der Waals surface area contributed by atoms with Crippen LogP contribution < -0.4 is 0 Å². The smallest absolute Gasteiger partial charge is 0.295 e. The summed E-state index contributed by atoms with van der Waals surface area (Å²) in [5, 5.41) is 0. The zero-order valence-corrected chi connectivity index (χ0v) is 10.1. The molecule has 19 heavy (non-hydrogen) atoms. The van der Waals surface area contributed by atoms with Gasteiger partial charge in [-0.15, -0.1) is 0 Å². The number of rotatable bonds is 3. The number of carbonyl (C=O) groups is 1. The van der Waals surface area contributed by atoms with Gasteiger partial charge in [-0.1, -0.05) is 12.1 Å². The Bertz CT molecular complexity index is 472. The Morgan fingerprint density at radius 3 is 2.68 bits per heavy atom. The summed E-state index contributed by atoms with van der Waals surface area (Å²) in [6, 6.07) is 5.18. The van der Waals surface area contributed by atoms with Crippen LogP contribution in [-0.2, 0) is 0 Å². The molecule has 1 aromatic carbocycles. The van der Waals surface area contributed by atoms with E-state index in [4.69, 9.17) is 0 Å². The Balaban J connectivity index is 1.94. The molecule has 1 unspecified atom stereocenters. The van der Waals surface area contributed by atoms with Crippen LogP contribution >= 0.6 is 0 Å². The number of halogens is 4. The maximum absolute atomic E-state index is 12.9. The first-order valence-corrected chi connectivity index (χ1v) is 5.94. The van der Waals surface area contributed by atoms with E-state index in [1.54, 1.807) is 0 Å². The van der Waals surface area contributed by atoms with Gasteiger partial charge in [0, 0.05) is 12.1 Å². The molecule has 0 spiro atoms. The molecule has 104 valence electrons. The van der Waals surface area contributed by atoms with Crippen LogP contribution in [0.25, 0.3) is 0 Å². The van der Waals surface area contributed by atoms with E-state index in [0.717, 1.165) is 6.07 Å². The van der Waals surface area contributed by atoms with Crippen molar-refractivity contribution in [1.82, 2.24) is 4.90 Å². The van der Waals surface area contributed by atoms with Gasteiger partial charge in [-0.25, -0.2) is 4.39 Å². The highest BCUT2D eigenvalue weighted by Gasteiger charge is 2.43. The molecule has 1 aliphatic rings. The molecule has 0 N–H and O–H groups in total. The van der Waals surface area contributed by atoms with Crippen molar-refractivity contribution in [1.29, 1.82) is 0 Å². The molecule has 1 fully saturated rings. The molecule has 1 aromatic rings. The van der Waals surface area contributed by atoms with Crippen molar-refractivity contribution < 1.29 is 22.4 Å². The summed E-state index contributed by atoms with van der Waals surface area (Å²) in [7, 11) is 0. The van der Waals surface area contributed by atoms with Crippen LogP contribution in [0.15, 0.2) is 24.3 Å². The maximum atomic E-state index is 12.9. The summed E-state index contributed by atoms with van der Waals surface area (Å²) >= 11 is 0. The van der Waals surface area contributed by atoms with Gasteiger partial charge in [-0.2, -0.15) is 13.2 Å². The normalized spacial score (nSPS) is 20.7. The molecule has 0 radical (unpaired) electrons. The summed E-state index contributed by atoms with van der Waals surface area (Å²) in [5.41, 5.74) is 0.190. The van der Waals surface area contributed by atoms with Crippen molar-refractivity contribution in [3.05, 3.63) is 35.6 Å². The van der Waals surface area contributed by atoms with Crippen LogP contribution in [0.2, 0.25) is 0 Å². The molecule has 1 atom stereocenters. The van der Waals surface area contributed by atoms with Crippen molar-refractivity contribution in [2.24, 2.45) is 5.92 Å². The van der Waals surface area contributed by atoms with Crippen LogP contribution in [0.1, 0.15) is 16.8 Å². The maximum Gasteiger partial charge on any atom is 0.393 e. The van der Waals surface area contributed by atoms with E-state index in [2.05, 4.69) is 0 Å². The third kappa shape index (κ3) is 3.53. The Labute approximate surface area is 108 Å². The molecule has 6 heteroatoms. The van der Waals surface area contributed by atoms with Gasteiger partial charge in [0.05, 0.1) is 12.5 Å². The van der Waals surface area contributed by atoms with Crippen molar-refractivity contribution >= 4 is 5.78 Å². The van der Waals surface area contributed by atoms with Gasteiger partial charge >= 0.3 is 6.18 Å². The number of likely N-dealkylation sites (tertiary alicyclic amines) is 1. The van der Waals surface area contributed by atoms with E-state index in [1.807, 2.05) is 0 Å². The summed E-state index contributed by atoms with van der Waals surface area (Å²) in [5.74, 6) is -2.25. The van der Waals surface area contributed by atoms with Crippen molar-refractivity contribution in [3.8, 4) is 0 Å². The molecule has 1 aliphatic heterocycles. The summed E-state index contributed by atoms with van der Waals surface area (Å²) in [6.07, 6.45) is -4.20. The molecule has 0 aliphatic carbocycles. The molecule has 2 rings (SSSR count). The molecular formula is C13H13F4NO. The fourth-order valence-electron chi connectivity index (χ4n) is 2.20. The highest BCUT2D eigenvalue weighted by atomic mass is 19.4. The lowest BCUT2D eigenvalue weighted by Gasteiger charge is -2.16. The Kier molecular flexibility index (Phi) is 3.89. The van der Waals surface area contributed by atoms with E-state index in [-0.39, 0.29) is 37.4 Å². The predicted molar refractivity (Wildman–Crippen MR) is 61.3 cm³/mol. The first-order chi connectivity index (χ1) is 8.86. The van der Waals surface area contributed by atoms with E-state index < -0.39 is 17.9 Å². The SMILES string of the molecule is O=C(CN1CCC(C(F)(F)F)C1)c1cccc(F)c1. The number of hydrogen-bond acceptors (Lipinski definition) is 2. The van der Waals surface area contributed by atoms with Gasteiger partial charge in [0.2, 0.25) is 0 Å². The lowest BCUT2D eigenvalue weighted by molar-refractivity contribution is -0.170. The highest BCUT2D eigenvalue weighted by Crippen LogP contribution is 2.33. The first kappa shape index (κ1) is 14.0. The van der Waals surface area contributed by atoms with Gasteiger partial charge in [0.1, 0.15) is 5.82 Å². The van der Waals surface area contributed by atoms with Crippen LogP contribution in [0, 0.1) is 11.7 Å². The van der Waals surface area contributed by atoms with Crippen molar-refractivity contribution in [2.45, 2.75) is 12.6 Å². The second kappa shape index (κ2) is 5.28. The summed E-state index contributed by atoms with van der Waals surface area (Å²) in [6.45, 7) is -0.0220. The number of hydrogen-bond donors (Lipinski definition) is 0. The zero-order chi connectivity index (χ0) is 14.0. The second-order valence-corrected chi connectivity index (χ2v) is 4.70. The molecule has 1 heterocycles. The molecule has 0 aromatic heterocycles. The van der Waals surface area contributed by atoms with Crippen LogP contribution in [0.4, 0.5) is 17.6 Å². The van der Waals surface area contributed by atoms with E-state index >= 15 is 0 Å². The predicted octanol–water partition coefficient (Wildman–Crippen LogP) is 2.89. The quantitative estimate of drug-likeness (QED) is 0.624. The fraction of sp³-hybridized carbons (Fsp3) is 0.462. The van der Waals surface area contributed by atoms with E-state index in [0.29, 0.717) is 0 Å². The first-order valence-electron chi connectivity index (χ1n) is 5.94. The van der Waals surface area contributed by atoms with Gasteiger partial charge in [0.25, 0.3) is 0 Å². The number of ketones is 1. The molecular weight excluding hydrogens is 262 g/mol. The van der Waals surface area contributed by atoms with Gasteiger partial charge < -0.3 is 0 Å². The monoisotopic (exact) mass is 275 g/mol.